The van der Waals surface area contributed by atoms with Gasteiger partial charge in [-0.15, -0.1) is 22.7 Å². The quantitative estimate of drug-likeness (QED) is 0.489. The highest BCUT2D eigenvalue weighted by Crippen LogP contribution is 2.34. The van der Waals surface area contributed by atoms with Gasteiger partial charge in [-0.3, -0.25) is 9.69 Å². The van der Waals surface area contributed by atoms with Gasteiger partial charge in [0.05, 0.1) is 11.4 Å². The highest BCUT2D eigenvalue weighted by atomic mass is 32.1. The molecule has 1 aliphatic rings. The van der Waals surface area contributed by atoms with E-state index in [9.17, 15) is 4.79 Å². The van der Waals surface area contributed by atoms with Crippen molar-refractivity contribution in [1.29, 1.82) is 0 Å². The topological polar surface area (TPSA) is 67.5 Å². The summed E-state index contributed by atoms with van der Waals surface area (Å²) in [6.45, 7) is 3.91. The molecule has 1 N–H and O–H groups in total. The van der Waals surface area contributed by atoms with E-state index < -0.39 is 0 Å². The summed E-state index contributed by atoms with van der Waals surface area (Å²) < 4.78 is 11.3. The van der Waals surface area contributed by atoms with Crippen LogP contribution in [0.1, 0.15) is 24.4 Å². The number of aromatic nitrogens is 2. The molecule has 154 valence electrons. The maximum Gasteiger partial charge on any atom is 0.260 e. The molecule has 5 rings (SSSR count). The lowest BCUT2D eigenvalue weighted by Gasteiger charge is -2.25. The van der Waals surface area contributed by atoms with Gasteiger partial charge in [-0.25, -0.2) is 4.98 Å². The molecule has 1 atom stereocenters. The van der Waals surface area contributed by atoms with Gasteiger partial charge in [0.1, 0.15) is 23.9 Å². The third-order valence-corrected chi connectivity index (χ3v) is 7.12. The predicted molar refractivity (Wildman–Crippen MR) is 121 cm³/mol. The fourth-order valence-corrected chi connectivity index (χ4v) is 5.37. The summed E-state index contributed by atoms with van der Waals surface area (Å²) in [6, 6.07) is 9.98. The Morgan fingerprint density at radius 2 is 2.03 bits per heavy atom. The average molecular weight is 440 g/mol. The summed E-state index contributed by atoms with van der Waals surface area (Å²) in [7, 11) is 2.02. The van der Waals surface area contributed by atoms with Gasteiger partial charge in [-0.1, -0.05) is 12.1 Å². The number of H-pyrrole nitrogens is 1. The maximum atomic E-state index is 12.9. The molecule has 4 aromatic rings. The standard InChI is InChI=1S/C22H21N3O3S2/c1-13(25(2)11-14-5-6-16-17(10-14)28-8-7-27-16)20-23-21(26)19-15(12-30-22(19)24-20)18-4-3-9-29-18/h3-6,9-10,12-13H,7-8,11H2,1-2H3,(H,23,24,26). The van der Waals surface area contributed by atoms with E-state index in [4.69, 9.17) is 14.5 Å². The van der Waals surface area contributed by atoms with Crippen LogP contribution in [0.3, 0.4) is 0 Å². The van der Waals surface area contributed by atoms with Crippen molar-refractivity contribution in [1.82, 2.24) is 14.9 Å². The van der Waals surface area contributed by atoms with Gasteiger partial charge in [0.2, 0.25) is 0 Å². The first-order valence-corrected chi connectivity index (χ1v) is 11.5. The van der Waals surface area contributed by atoms with Crippen LogP contribution in [-0.2, 0) is 6.54 Å². The summed E-state index contributed by atoms with van der Waals surface area (Å²) in [5.74, 6) is 2.25. The monoisotopic (exact) mass is 439 g/mol. The van der Waals surface area contributed by atoms with Crippen LogP contribution < -0.4 is 15.0 Å². The van der Waals surface area contributed by atoms with E-state index in [-0.39, 0.29) is 11.6 Å². The van der Waals surface area contributed by atoms with Crippen molar-refractivity contribution in [3.63, 3.8) is 0 Å². The van der Waals surface area contributed by atoms with E-state index in [0.29, 0.717) is 31.0 Å². The van der Waals surface area contributed by atoms with Gasteiger partial charge in [-0.05, 0) is 43.1 Å². The first-order chi connectivity index (χ1) is 14.6. The third kappa shape index (κ3) is 3.51. The summed E-state index contributed by atoms with van der Waals surface area (Å²) in [5.41, 5.74) is 2.00. The normalized spacial score (nSPS) is 14.4. The van der Waals surface area contributed by atoms with Gasteiger partial charge in [-0.2, -0.15) is 0 Å². The molecule has 0 radical (unpaired) electrons. The maximum absolute atomic E-state index is 12.9. The molecule has 0 saturated heterocycles. The number of hydrogen-bond acceptors (Lipinski definition) is 7. The van der Waals surface area contributed by atoms with Crippen molar-refractivity contribution in [2.24, 2.45) is 0 Å². The molecule has 0 fully saturated rings. The first-order valence-electron chi connectivity index (χ1n) is 9.74. The minimum Gasteiger partial charge on any atom is -0.486 e. The number of aromatic amines is 1. The number of thiophene rings is 2. The Hall–Kier alpha value is -2.68. The molecular formula is C22H21N3O3S2. The van der Waals surface area contributed by atoms with Crippen LogP contribution in [0.25, 0.3) is 20.7 Å². The molecule has 6 nitrogen and oxygen atoms in total. The minimum absolute atomic E-state index is 0.0532. The molecule has 1 aromatic carbocycles. The Balaban J connectivity index is 1.40. The van der Waals surface area contributed by atoms with Crippen molar-refractivity contribution < 1.29 is 9.47 Å². The molecule has 0 amide bonds. The van der Waals surface area contributed by atoms with Crippen LogP contribution in [0, 0.1) is 0 Å². The van der Waals surface area contributed by atoms with E-state index in [2.05, 4.69) is 16.8 Å². The summed E-state index contributed by atoms with van der Waals surface area (Å²) in [6.07, 6.45) is 0. The number of fused-ring (bicyclic) bond motifs is 2. The Bertz CT molecular complexity index is 1250. The summed E-state index contributed by atoms with van der Waals surface area (Å²) in [5, 5.41) is 4.71. The lowest BCUT2D eigenvalue weighted by Crippen LogP contribution is -2.26. The Kier molecular flexibility index (Phi) is 5.06. The number of nitrogens with zero attached hydrogens (tertiary/aromatic N) is 2. The van der Waals surface area contributed by atoms with Crippen molar-refractivity contribution in [2.45, 2.75) is 19.5 Å². The van der Waals surface area contributed by atoms with E-state index in [1.807, 2.05) is 48.1 Å². The van der Waals surface area contributed by atoms with Crippen LogP contribution in [0.15, 0.2) is 45.9 Å². The van der Waals surface area contributed by atoms with Gasteiger partial charge < -0.3 is 14.5 Å². The Morgan fingerprint density at radius 3 is 2.83 bits per heavy atom. The van der Waals surface area contributed by atoms with E-state index >= 15 is 0 Å². The largest absolute Gasteiger partial charge is 0.486 e. The van der Waals surface area contributed by atoms with Crippen LogP contribution in [-0.4, -0.2) is 35.1 Å². The SMILES string of the molecule is CC(c1nc2scc(-c3cccs3)c2c(=O)[nH]1)N(C)Cc1ccc2c(c1)OCCO2. The second-order valence-electron chi connectivity index (χ2n) is 7.33. The molecule has 0 bridgehead atoms. The lowest BCUT2D eigenvalue weighted by atomic mass is 10.1. The molecule has 1 unspecified atom stereocenters. The number of benzene rings is 1. The molecule has 0 saturated carbocycles. The zero-order valence-electron chi connectivity index (χ0n) is 16.7. The number of hydrogen-bond donors (Lipinski definition) is 1. The Labute approximate surface area is 181 Å². The average Bonchev–Trinajstić information content (AvgIpc) is 3.43. The first kappa shape index (κ1) is 19.3. The van der Waals surface area contributed by atoms with E-state index in [1.54, 1.807) is 11.3 Å². The number of nitrogens with one attached hydrogen (secondary N) is 1. The minimum atomic E-state index is -0.0840. The molecule has 0 aliphatic carbocycles. The van der Waals surface area contributed by atoms with Gasteiger partial charge in [0.15, 0.2) is 11.5 Å². The van der Waals surface area contributed by atoms with Crippen LogP contribution in [0.2, 0.25) is 0 Å². The van der Waals surface area contributed by atoms with Gasteiger partial charge >= 0.3 is 0 Å². The molecular weight excluding hydrogens is 418 g/mol. The zero-order valence-corrected chi connectivity index (χ0v) is 18.3. The van der Waals surface area contributed by atoms with Crippen molar-refractivity contribution in [3.05, 3.63) is 62.8 Å². The number of ether oxygens (including phenoxy) is 2. The summed E-state index contributed by atoms with van der Waals surface area (Å²) in [4.78, 5) is 24.7. The third-order valence-electron chi connectivity index (χ3n) is 5.34. The lowest BCUT2D eigenvalue weighted by molar-refractivity contribution is 0.171. The van der Waals surface area contributed by atoms with Crippen LogP contribution in [0.5, 0.6) is 11.5 Å². The molecule has 30 heavy (non-hydrogen) atoms. The second-order valence-corrected chi connectivity index (χ2v) is 9.13. The van der Waals surface area contributed by atoms with Crippen molar-refractivity contribution >= 4 is 32.9 Å². The van der Waals surface area contributed by atoms with E-state index in [1.165, 1.54) is 11.3 Å². The van der Waals surface area contributed by atoms with Crippen molar-refractivity contribution in [3.8, 4) is 21.9 Å². The highest BCUT2D eigenvalue weighted by molar-refractivity contribution is 7.18. The summed E-state index contributed by atoms with van der Waals surface area (Å²) >= 11 is 3.14. The van der Waals surface area contributed by atoms with Crippen LogP contribution in [0.4, 0.5) is 0 Å². The van der Waals surface area contributed by atoms with Gasteiger partial charge in [0, 0.05) is 22.4 Å². The molecule has 1 aliphatic heterocycles. The zero-order chi connectivity index (χ0) is 20.7. The molecule has 8 heteroatoms. The fourth-order valence-electron chi connectivity index (χ4n) is 3.60. The van der Waals surface area contributed by atoms with Gasteiger partial charge in [0.25, 0.3) is 5.56 Å². The Morgan fingerprint density at radius 1 is 1.20 bits per heavy atom. The molecule has 0 spiro atoms. The second kappa shape index (κ2) is 7.86. The smallest absolute Gasteiger partial charge is 0.260 e. The fraction of sp³-hybridized carbons (Fsp3) is 0.273. The van der Waals surface area contributed by atoms with E-state index in [0.717, 1.165) is 32.3 Å². The van der Waals surface area contributed by atoms with Crippen LogP contribution >= 0.6 is 22.7 Å². The molecule has 4 heterocycles. The highest BCUT2D eigenvalue weighted by Gasteiger charge is 2.20. The predicted octanol–water partition coefficient (Wildman–Crippen LogP) is 4.68. The molecule has 3 aromatic heterocycles. The number of rotatable bonds is 5. The van der Waals surface area contributed by atoms with Crippen molar-refractivity contribution in [2.75, 3.05) is 20.3 Å².